The number of nitrogens with zero attached hydrogens (tertiary/aromatic N) is 3. The highest BCUT2D eigenvalue weighted by molar-refractivity contribution is 7.07. The molecule has 0 amide bonds. The molecule has 1 aliphatic heterocycles. The molecule has 49 heavy (non-hydrogen) atoms. The lowest BCUT2D eigenvalue weighted by Crippen LogP contribution is -2.40. The van der Waals surface area contributed by atoms with E-state index < -0.39 is 12.0 Å². The third-order valence-corrected chi connectivity index (χ3v) is 9.28. The monoisotopic (exact) mass is 669 g/mol. The second-order valence-corrected chi connectivity index (χ2v) is 12.7. The number of aromatic nitrogens is 1. The summed E-state index contributed by atoms with van der Waals surface area (Å²) in [6.45, 7) is 6.38. The fourth-order valence-electron chi connectivity index (χ4n) is 5.77. The zero-order valence-corrected chi connectivity index (χ0v) is 28.5. The Morgan fingerprint density at radius 1 is 1.00 bits per heavy atom. The average Bonchev–Trinajstić information content (AvgIpc) is 3.44. The van der Waals surface area contributed by atoms with Crippen LogP contribution in [0.2, 0.25) is 0 Å². The summed E-state index contributed by atoms with van der Waals surface area (Å²) in [4.78, 5) is 33.5. The van der Waals surface area contributed by atoms with Crippen LogP contribution in [0, 0.1) is 11.3 Å². The number of methoxy groups -OCH3 is 1. The van der Waals surface area contributed by atoms with Gasteiger partial charge in [-0.25, -0.2) is 9.79 Å². The van der Waals surface area contributed by atoms with Crippen LogP contribution in [0.4, 0.5) is 0 Å². The number of carbonyl (C=O) groups excluding carboxylic acids is 1. The number of nitriles is 1. The zero-order valence-electron chi connectivity index (χ0n) is 27.7. The Balaban J connectivity index is 1.47. The summed E-state index contributed by atoms with van der Waals surface area (Å²) in [5.74, 6) is 0.786. The van der Waals surface area contributed by atoms with E-state index in [2.05, 4.69) is 19.9 Å². The van der Waals surface area contributed by atoms with Crippen molar-refractivity contribution in [2.45, 2.75) is 39.3 Å². The Kier molecular flexibility index (Phi) is 9.88. The van der Waals surface area contributed by atoms with Crippen LogP contribution >= 0.6 is 11.3 Å². The van der Waals surface area contributed by atoms with Crippen molar-refractivity contribution >= 4 is 29.1 Å². The number of thiazole rings is 1. The van der Waals surface area contributed by atoms with Crippen LogP contribution in [0.1, 0.15) is 66.1 Å². The number of hydrogen-bond donors (Lipinski definition) is 0. The van der Waals surface area contributed by atoms with Gasteiger partial charge < -0.3 is 14.2 Å². The molecule has 1 aliphatic rings. The lowest BCUT2D eigenvalue weighted by Gasteiger charge is -2.26. The van der Waals surface area contributed by atoms with Crippen molar-refractivity contribution in [1.29, 1.82) is 5.26 Å². The summed E-state index contributed by atoms with van der Waals surface area (Å²) in [6.07, 6.45) is 1.79. The maximum Gasteiger partial charge on any atom is 0.338 e. The van der Waals surface area contributed by atoms with Crippen molar-refractivity contribution in [2.24, 2.45) is 4.99 Å². The predicted octanol–water partition coefficient (Wildman–Crippen LogP) is 6.52. The molecule has 0 radical (unpaired) electrons. The lowest BCUT2D eigenvalue weighted by atomic mass is 9.91. The first-order chi connectivity index (χ1) is 23.8. The molecule has 0 saturated heterocycles. The van der Waals surface area contributed by atoms with E-state index in [1.54, 1.807) is 42.9 Å². The average molecular weight is 670 g/mol. The zero-order chi connectivity index (χ0) is 34.5. The summed E-state index contributed by atoms with van der Waals surface area (Å²) >= 11 is 1.26. The second kappa shape index (κ2) is 14.6. The van der Waals surface area contributed by atoms with Crippen LogP contribution in [0.15, 0.2) is 112 Å². The number of fused-ring (bicyclic) bond motifs is 1. The van der Waals surface area contributed by atoms with Crippen LogP contribution < -0.4 is 24.4 Å². The van der Waals surface area contributed by atoms with E-state index in [1.807, 2.05) is 78.9 Å². The minimum absolute atomic E-state index is 0.181. The third kappa shape index (κ3) is 6.82. The smallest absolute Gasteiger partial charge is 0.338 e. The molecule has 6 rings (SSSR count). The number of esters is 1. The van der Waals surface area contributed by atoms with Crippen molar-refractivity contribution < 1.29 is 19.0 Å². The molecule has 246 valence electrons. The van der Waals surface area contributed by atoms with Gasteiger partial charge in [0.15, 0.2) is 16.3 Å². The topological polar surface area (TPSA) is 103 Å². The first-order valence-corrected chi connectivity index (χ1v) is 16.8. The van der Waals surface area contributed by atoms with Gasteiger partial charge in [0.2, 0.25) is 0 Å². The Labute approximate surface area is 288 Å². The highest BCUT2D eigenvalue weighted by Crippen LogP contribution is 2.36. The Bertz CT molecular complexity index is 2260. The molecule has 0 N–H and O–H groups in total. The highest BCUT2D eigenvalue weighted by Gasteiger charge is 2.35. The van der Waals surface area contributed by atoms with E-state index in [1.165, 1.54) is 11.3 Å². The fourth-order valence-corrected chi connectivity index (χ4v) is 6.78. The molecule has 1 aromatic heterocycles. The molecule has 5 aromatic rings. The predicted molar refractivity (Wildman–Crippen MR) is 190 cm³/mol. The van der Waals surface area contributed by atoms with E-state index in [0.717, 1.165) is 27.8 Å². The van der Waals surface area contributed by atoms with E-state index in [4.69, 9.17) is 19.2 Å². The van der Waals surface area contributed by atoms with Gasteiger partial charge in [0.25, 0.3) is 5.56 Å². The van der Waals surface area contributed by atoms with Crippen LogP contribution in [0.25, 0.3) is 11.8 Å². The van der Waals surface area contributed by atoms with Gasteiger partial charge in [-0.05, 0) is 53.8 Å². The fraction of sp³-hybridized carbons (Fsp3) is 0.200. The largest absolute Gasteiger partial charge is 0.493 e. The number of benzene rings is 4. The lowest BCUT2D eigenvalue weighted by molar-refractivity contribution is -0.138. The first-order valence-electron chi connectivity index (χ1n) is 16.0. The molecule has 8 nitrogen and oxygen atoms in total. The molecule has 4 aromatic carbocycles. The molecule has 0 bridgehead atoms. The van der Waals surface area contributed by atoms with Crippen molar-refractivity contribution in [3.8, 4) is 17.6 Å². The van der Waals surface area contributed by atoms with Gasteiger partial charge in [0.05, 0.1) is 47.2 Å². The molecular formula is C40H35N3O5S. The first kappa shape index (κ1) is 33.2. The standard InChI is InChI=1S/C40H35N3O5S/c1-5-47-39(45)35-36(28-11-7-6-8-12-28)42-40-43(37(35)29-18-16-27(17-19-29)25(2)3)38(44)34(49-40)22-26-15-20-32(33(21-26)46-4)48-24-31-14-10-9-13-30(31)23-41/h6-22,25,37H,5,24H2,1-4H3/b34-22-/t37-/m0/s1. The molecule has 0 fully saturated rings. The molecule has 1 atom stereocenters. The maximum absolute atomic E-state index is 14.3. The van der Waals surface area contributed by atoms with E-state index in [9.17, 15) is 14.9 Å². The quantitative estimate of drug-likeness (QED) is 0.157. The minimum Gasteiger partial charge on any atom is -0.493 e. The van der Waals surface area contributed by atoms with Crippen LogP contribution in [-0.2, 0) is 16.1 Å². The number of rotatable bonds is 10. The van der Waals surface area contributed by atoms with Crippen molar-refractivity contribution in [2.75, 3.05) is 13.7 Å². The maximum atomic E-state index is 14.3. The Morgan fingerprint density at radius 2 is 1.73 bits per heavy atom. The molecule has 0 unspecified atom stereocenters. The Hall–Kier alpha value is -5.72. The van der Waals surface area contributed by atoms with Gasteiger partial charge in [-0.1, -0.05) is 104 Å². The number of ether oxygens (including phenoxy) is 3. The van der Waals surface area contributed by atoms with Crippen molar-refractivity contribution in [1.82, 2.24) is 4.57 Å². The van der Waals surface area contributed by atoms with Gasteiger partial charge in [-0.3, -0.25) is 9.36 Å². The van der Waals surface area contributed by atoms with Gasteiger partial charge in [0.1, 0.15) is 6.61 Å². The molecule has 2 heterocycles. The van der Waals surface area contributed by atoms with Gasteiger partial charge >= 0.3 is 5.97 Å². The molecule has 9 heteroatoms. The van der Waals surface area contributed by atoms with Crippen molar-refractivity contribution in [3.05, 3.63) is 156 Å². The van der Waals surface area contributed by atoms with Gasteiger partial charge in [-0.15, -0.1) is 0 Å². The summed E-state index contributed by atoms with van der Waals surface area (Å²) in [7, 11) is 1.55. The number of hydrogen-bond acceptors (Lipinski definition) is 8. The Morgan fingerprint density at radius 3 is 2.43 bits per heavy atom. The molecule has 0 aliphatic carbocycles. The van der Waals surface area contributed by atoms with E-state index >= 15 is 0 Å². The summed E-state index contributed by atoms with van der Waals surface area (Å²) in [6, 6.07) is 31.6. The van der Waals surface area contributed by atoms with E-state index in [0.29, 0.717) is 43.6 Å². The molecule has 0 spiro atoms. The SMILES string of the molecule is CCOC(=O)C1=C(c2ccccc2)N=c2s/c(=C\c3ccc(OCc4ccccc4C#N)c(OC)c3)c(=O)n2[C@H]1c1ccc(C(C)C)cc1. The van der Waals surface area contributed by atoms with Crippen LogP contribution in [0.5, 0.6) is 11.5 Å². The van der Waals surface area contributed by atoms with Gasteiger partial charge in [-0.2, -0.15) is 5.26 Å². The molecular weight excluding hydrogens is 635 g/mol. The summed E-state index contributed by atoms with van der Waals surface area (Å²) < 4.78 is 19.3. The van der Waals surface area contributed by atoms with E-state index in [-0.39, 0.29) is 18.8 Å². The van der Waals surface area contributed by atoms with Crippen LogP contribution in [0.3, 0.4) is 0 Å². The van der Waals surface area contributed by atoms with Gasteiger partial charge in [0, 0.05) is 11.1 Å². The summed E-state index contributed by atoms with van der Waals surface area (Å²) in [5.41, 5.74) is 5.23. The molecule has 0 saturated carbocycles. The minimum atomic E-state index is -0.754. The highest BCUT2D eigenvalue weighted by atomic mass is 32.1. The summed E-state index contributed by atoms with van der Waals surface area (Å²) in [5, 5.41) is 9.43. The number of carbonyl (C=O) groups is 1. The second-order valence-electron chi connectivity index (χ2n) is 11.7. The third-order valence-electron chi connectivity index (χ3n) is 8.30. The van der Waals surface area contributed by atoms with Crippen LogP contribution in [-0.4, -0.2) is 24.3 Å². The van der Waals surface area contributed by atoms with Crippen molar-refractivity contribution in [3.63, 3.8) is 0 Å². The normalized spacial score (nSPS) is 14.2.